The first-order valence-electron chi connectivity index (χ1n) is 3.62. The Balaban J connectivity index is 3.16. The second kappa shape index (κ2) is 2.79. The van der Waals surface area contributed by atoms with E-state index in [1.165, 1.54) is 0 Å². The third-order valence-corrected chi connectivity index (χ3v) is 1.60. The molecule has 11 heavy (non-hydrogen) atoms. The third-order valence-electron chi connectivity index (χ3n) is 1.60. The van der Waals surface area contributed by atoms with Crippen LogP contribution in [0.2, 0.25) is 0 Å². The third kappa shape index (κ3) is 1.43. The Kier molecular flexibility index (Phi) is 1.99. The lowest BCUT2D eigenvalue weighted by atomic mass is 10.2. The molecule has 0 aliphatic heterocycles. The van der Waals surface area contributed by atoms with Gasteiger partial charge < -0.3 is 4.57 Å². The zero-order valence-electron chi connectivity index (χ0n) is 7.09. The first kappa shape index (κ1) is 7.86. The Hall–Kier alpha value is -1.24. The van der Waals surface area contributed by atoms with Crippen molar-refractivity contribution in [1.29, 1.82) is 0 Å². The van der Waals surface area contributed by atoms with E-state index >= 15 is 0 Å². The molecule has 0 aromatic carbocycles. The SMILES string of the molecule is C=C(C)c1cccn1C(=C)C. The molecule has 1 aromatic heterocycles. The number of rotatable bonds is 2. The van der Waals surface area contributed by atoms with E-state index in [1.807, 2.05) is 36.7 Å². The molecule has 0 radical (unpaired) electrons. The van der Waals surface area contributed by atoms with Gasteiger partial charge in [0.1, 0.15) is 0 Å². The fourth-order valence-electron chi connectivity index (χ4n) is 1.06. The summed E-state index contributed by atoms with van der Waals surface area (Å²) >= 11 is 0. The van der Waals surface area contributed by atoms with Gasteiger partial charge in [-0.25, -0.2) is 0 Å². The Morgan fingerprint density at radius 2 is 2.00 bits per heavy atom. The molecule has 0 N–H and O–H groups in total. The van der Waals surface area contributed by atoms with Crippen molar-refractivity contribution in [1.82, 2.24) is 4.57 Å². The van der Waals surface area contributed by atoms with Crippen molar-refractivity contribution in [3.63, 3.8) is 0 Å². The maximum atomic E-state index is 3.88. The Bertz CT molecular complexity index is 263. The first-order chi connectivity index (χ1) is 5.13. The average Bonchev–Trinajstić information content (AvgIpc) is 2.32. The fraction of sp³-hybridized carbons (Fsp3) is 0.200. The van der Waals surface area contributed by atoms with Gasteiger partial charge >= 0.3 is 0 Å². The molecule has 0 saturated heterocycles. The van der Waals surface area contributed by atoms with Crippen molar-refractivity contribution in [3.05, 3.63) is 37.2 Å². The van der Waals surface area contributed by atoms with Crippen LogP contribution in [0.5, 0.6) is 0 Å². The van der Waals surface area contributed by atoms with Crippen LogP contribution in [0.25, 0.3) is 11.3 Å². The Morgan fingerprint density at radius 3 is 2.36 bits per heavy atom. The van der Waals surface area contributed by atoms with E-state index in [1.54, 1.807) is 0 Å². The highest BCUT2D eigenvalue weighted by molar-refractivity contribution is 5.62. The lowest BCUT2D eigenvalue weighted by Gasteiger charge is -2.06. The predicted octanol–water partition coefficient (Wildman–Crippen LogP) is 3.01. The van der Waals surface area contributed by atoms with Crippen molar-refractivity contribution in [2.45, 2.75) is 13.8 Å². The highest BCUT2D eigenvalue weighted by Gasteiger charge is 1.99. The molecule has 58 valence electrons. The van der Waals surface area contributed by atoms with Crippen LogP contribution in [0.1, 0.15) is 19.5 Å². The molecule has 0 unspecified atom stereocenters. The highest BCUT2D eigenvalue weighted by Crippen LogP contribution is 2.15. The molecule has 1 heteroatoms. The summed E-state index contributed by atoms with van der Waals surface area (Å²) in [4.78, 5) is 0. The van der Waals surface area contributed by atoms with Gasteiger partial charge in [-0.3, -0.25) is 0 Å². The number of hydrogen-bond acceptors (Lipinski definition) is 0. The summed E-state index contributed by atoms with van der Waals surface area (Å²) in [6, 6.07) is 4.04. The van der Waals surface area contributed by atoms with Gasteiger partial charge in [-0.1, -0.05) is 13.2 Å². The summed E-state index contributed by atoms with van der Waals surface area (Å²) in [6.45, 7) is 11.7. The lowest BCUT2D eigenvalue weighted by Crippen LogP contribution is -1.94. The van der Waals surface area contributed by atoms with E-state index in [0.717, 1.165) is 17.0 Å². The van der Waals surface area contributed by atoms with Crippen molar-refractivity contribution in [3.8, 4) is 0 Å². The molecular weight excluding hydrogens is 134 g/mol. The summed E-state index contributed by atoms with van der Waals surface area (Å²) in [5.74, 6) is 0. The molecule has 1 aromatic rings. The summed E-state index contributed by atoms with van der Waals surface area (Å²) in [7, 11) is 0. The first-order valence-corrected chi connectivity index (χ1v) is 3.62. The van der Waals surface area contributed by atoms with Crippen LogP contribution in [-0.2, 0) is 0 Å². The predicted molar refractivity (Wildman–Crippen MR) is 50.1 cm³/mol. The molecule has 0 saturated carbocycles. The van der Waals surface area contributed by atoms with Gasteiger partial charge in [0.05, 0.1) is 0 Å². The molecule has 1 heterocycles. The zero-order valence-corrected chi connectivity index (χ0v) is 7.09. The quantitative estimate of drug-likeness (QED) is 0.606. The van der Waals surface area contributed by atoms with E-state index in [4.69, 9.17) is 0 Å². The van der Waals surface area contributed by atoms with Crippen LogP contribution in [0, 0.1) is 0 Å². The Labute approximate surface area is 67.7 Å². The lowest BCUT2D eigenvalue weighted by molar-refractivity contribution is 1.08. The Morgan fingerprint density at radius 1 is 1.36 bits per heavy atom. The van der Waals surface area contributed by atoms with Gasteiger partial charge in [0.15, 0.2) is 0 Å². The molecule has 0 fully saturated rings. The largest absolute Gasteiger partial charge is 0.322 e. The molecule has 0 bridgehead atoms. The second-order valence-electron chi connectivity index (χ2n) is 2.78. The second-order valence-corrected chi connectivity index (χ2v) is 2.78. The van der Waals surface area contributed by atoms with Gasteiger partial charge in [0.25, 0.3) is 0 Å². The zero-order chi connectivity index (χ0) is 8.43. The molecule has 0 spiro atoms. The van der Waals surface area contributed by atoms with E-state index < -0.39 is 0 Å². The van der Waals surface area contributed by atoms with Crippen LogP contribution in [0.15, 0.2) is 31.5 Å². The average molecular weight is 147 g/mol. The molecular formula is C10H13N. The number of aromatic nitrogens is 1. The summed E-state index contributed by atoms with van der Waals surface area (Å²) in [5, 5.41) is 0. The van der Waals surface area contributed by atoms with Gasteiger partial charge in [0, 0.05) is 17.6 Å². The fourth-order valence-corrected chi connectivity index (χ4v) is 1.06. The summed E-state index contributed by atoms with van der Waals surface area (Å²) < 4.78 is 2.03. The van der Waals surface area contributed by atoms with Gasteiger partial charge in [0.2, 0.25) is 0 Å². The minimum absolute atomic E-state index is 1.02. The normalized spacial score (nSPS) is 9.64. The number of nitrogens with zero attached hydrogens (tertiary/aromatic N) is 1. The van der Waals surface area contributed by atoms with Gasteiger partial charge in [-0.05, 0) is 31.6 Å². The van der Waals surface area contributed by atoms with Crippen LogP contribution >= 0.6 is 0 Å². The van der Waals surface area contributed by atoms with Crippen molar-refractivity contribution in [2.75, 3.05) is 0 Å². The molecule has 1 nitrogen and oxygen atoms in total. The molecule has 1 rings (SSSR count). The van der Waals surface area contributed by atoms with Crippen LogP contribution in [0.4, 0.5) is 0 Å². The standard InChI is InChI=1S/C10H13N/c1-8(2)10-6-5-7-11(10)9(3)4/h5-7H,1,3H2,2,4H3. The molecule has 0 aliphatic rings. The van der Waals surface area contributed by atoms with Crippen molar-refractivity contribution < 1.29 is 0 Å². The minimum atomic E-state index is 1.02. The molecule has 0 amide bonds. The summed E-state index contributed by atoms with van der Waals surface area (Å²) in [5.41, 5.74) is 3.23. The van der Waals surface area contributed by atoms with Crippen molar-refractivity contribution >= 4 is 11.3 Å². The van der Waals surface area contributed by atoms with Gasteiger partial charge in [-0.15, -0.1) is 0 Å². The van der Waals surface area contributed by atoms with Crippen LogP contribution < -0.4 is 0 Å². The number of allylic oxidation sites excluding steroid dienone is 2. The van der Waals surface area contributed by atoms with E-state index in [0.29, 0.717) is 0 Å². The summed E-state index contributed by atoms with van der Waals surface area (Å²) in [6.07, 6.45) is 1.99. The van der Waals surface area contributed by atoms with E-state index in [2.05, 4.69) is 13.2 Å². The maximum absolute atomic E-state index is 3.88. The topological polar surface area (TPSA) is 4.93 Å². The van der Waals surface area contributed by atoms with Crippen molar-refractivity contribution in [2.24, 2.45) is 0 Å². The van der Waals surface area contributed by atoms with Crippen LogP contribution in [-0.4, -0.2) is 4.57 Å². The van der Waals surface area contributed by atoms with Crippen LogP contribution in [0.3, 0.4) is 0 Å². The smallest absolute Gasteiger partial charge is 0.0475 e. The maximum Gasteiger partial charge on any atom is 0.0475 e. The molecule has 0 atom stereocenters. The van der Waals surface area contributed by atoms with E-state index in [-0.39, 0.29) is 0 Å². The highest BCUT2D eigenvalue weighted by atomic mass is 15.0. The molecule has 0 aliphatic carbocycles. The minimum Gasteiger partial charge on any atom is -0.322 e. The number of hydrogen-bond donors (Lipinski definition) is 0. The van der Waals surface area contributed by atoms with Gasteiger partial charge in [-0.2, -0.15) is 0 Å². The van der Waals surface area contributed by atoms with E-state index in [9.17, 15) is 0 Å². The monoisotopic (exact) mass is 147 g/mol.